The number of ketones is 3. The van der Waals surface area contributed by atoms with Crippen molar-refractivity contribution in [1.29, 1.82) is 0 Å². The molecule has 0 spiro atoms. The fourth-order valence-electron chi connectivity index (χ4n) is 3.40. The summed E-state index contributed by atoms with van der Waals surface area (Å²) < 4.78 is 5.12. The number of ether oxygens (including phenoxy) is 1. The molecule has 9 nitrogen and oxygen atoms in total. The van der Waals surface area contributed by atoms with Gasteiger partial charge in [0.2, 0.25) is 11.7 Å². The van der Waals surface area contributed by atoms with Crippen LogP contribution in [0.15, 0.2) is 21.2 Å². The molecule has 1 aliphatic carbocycles. The van der Waals surface area contributed by atoms with E-state index in [2.05, 4.69) is 26.0 Å². The Hall–Kier alpha value is -2.71. The highest BCUT2D eigenvalue weighted by Gasteiger charge is 2.39. The monoisotopic (exact) mass is 495 g/mol. The molecule has 0 unspecified atom stereocenters. The first kappa shape index (κ1) is 26.3. The third-order valence-electron chi connectivity index (χ3n) is 4.88. The fourth-order valence-corrected chi connectivity index (χ4v) is 3.78. The number of nitrogens with zero attached hydrogens (tertiary/aromatic N) is 2. The molecule has 0 saturated carbocycles. The Morgan fingerprint density at radius 2 is 1.81 bits per heavy atom. The highest BCUT2D eigenvalue weighted by atomic mass is 79.9. The Kier molecular flexibility index (Phi) is 9.40. The van der Waals surface area contributed by atoms with Gasteiger partial charge in [-0.05, 0) is 43.1 Å². The Bertz CT molecular complexity index is 925. The Balaban J connectivity index is 3.03. The summed E-state index contributed by atoms with van der Waals surface area (Å²) in [5.74, 6) is -2.41. The van der Waals surface area contributed by atoms with Gasteiger partial charge in [0.15, 0.2) is 11.6 Å². The van der Waals surface area contributed by atoms with E-state index < -0.39 is 29.1 Å². The van der Waals surface area contributed by atoms with Crippen molar-refractivity contribution in [3.05, 3.63) is 26.7 Å². The lowest BCUT2D eigenvalue weighted by Gasteiger charge is -2.31. The summed E-state index contributed by atoms with van der Waals surface area (Å²) in [7, 11) is 0. The second-order valence-electron chi connectivity index (χ2n) is 7.78. The maximum atomic E-state index is 12.8. The van der Waals surface area contributed by atoms with Crippen LogP contribution in [0, 0.1) is 5.41 Å². The van der Waals surface area contributed by atoms with E-state index in [4.69, 9.17) is 10.3 Å². The Labute approximate surface area is 189 Å². The van der Waals surface area contributed by atoms with Gasteiger partial charge in [-0.3, -0.25) is 19.2 Å². The summed E-state index contributed by atoms with van der Waals surface area (Å²) >= 11 is 3.16. The van der Waals surface area contributed by atoms with Crippen LogP contribution in [0.2, 0.25) is 0 Å². The topological polar surface area (TPSA) is 143 Å². The lowest BCUT2D eigenvalue weighted by Crippen LogP contribution is -2.44. The molecule has 1 amide bonds. The third kappa shape index (κ3) is 6.63. The molecule has 31 heavy (non-hydrogen) atoms. The number of carbonyl (C=O) groups excluding carboxylic acids is 5. The van der Waals surface area contributed by atoms with Gasteiger partial charge in [-0.1, -0.05) is 13.8 Å². The van der Waals surface area contributed by atoms with E-state index in [1.54, 1.807) is 34.6 Å². The van der Waals surface area contributed by atoms with E-state index >= 15 is 0 Å². The molecular formula is C21H26BrN3O6. The molecule has 0 saturated heterocycles. The standard InChI is InChI=1S/C21H26BrN3O6/c1-6-31-20(30)14(8-7-13(26)10-24-23)25-15(27)9-21(4,5)16-11(2)18(28)12(3)17(22)19(16)29/h10,14H,6-9H2,1-5H3,(H,25,27)/t14-/m0/s1. The number of carbonyl (C=O) groups is 5. The quantitative estimate of drug-likeness (QED) is 0.162. The highest BCUT2D eigenvalue weighted by molar-refractivity contribution is 9.12. The van der Waals surface area contributed by atoms with Gasteiger partial charge >= 0.3 is 12.2 Å². The first-order valence-corrected chi connectivity index (χ1v) is 10.5. The van der Waals surface area contributed by atoms with Gasteiger partial charge in [0.25, 0.3) is 0 Å². The summed E-state index contributed by atoms with van der Waals surface area (Å²) in [6, 6.07) is -1.09. The SMILES string of the molecule is CCOC(=O)[C@H](CCC(=O)C=[N+]=[N-])NC(=O)CC(C)(C)C1=C(C)C(=O)C(C)=C(Br)C1=O. The van der Waals surface area contributed by atoms with Gasteiger partial charge in [0.05, 0.1) is 11.1 Å². The van der Waals surface area contributed by atoms with Crippen molar-refractivity contribution >= 4 is 51.4 Å². The number of nitrogens with one attached hydrogen (secondary N) is 1. The van der Waals surface area contributed by atoms with E-state index in [9.17, 15) is 24.0 Å². The molecule has 0 heterocycles. The van der Waals surface area contributed by atoms with Crippen molar-refractivity contribution in [3.63, 3.8) is 0 Å². The second kappa shape index (κ2) is 11.1. The van der Waals surface area contributed by atoms with Crippen molar-refractivity contribution in [1.82, 2.24) is 5.32 Å². The number of halogens is 1. The minimum Gasteiger partial charge on any atom is -0.464 e. The molecule has 0 aromatic rings. The normalized spacial score (nSPS) is 15.4. The van der Waals surface area contributed by atoms with Crippen LogP contribution in [0.1, 0.15) is 53.9 Å². The molecule has 0 radical (unpaired) electrons. The van der Waals surface area contributed by atoms with Crippen LogP contribution in [0.5, 0.6) is 0 Å². The first-order chi connectivity index (χ1) is 14.4. The summed E-state index contributed by atoms with van der Waals surface area (Å²) in [5.41, 5.74) is 8.23. The average Bonchev–Trinajstić information content (AvgIpc) is 2.67. The summed E-state index contributed by atoms with van der Waals surface area (Å²) in [6.45, 7) is 8.13. The van der Waals surface area contributed by atoms with E-state index in [0.717, 1.165) is 0 Å². The summed E-state index contributed by atoms with van der Waals surface area (Å²) in [6.07, 6.45) is 0.329. The van der Waals surface area contributed by atoms with Crippen LogP contribution in [0.3, 0.4) is 0 Å². The minimum absolute atomic E-state index is 0.0531. The van der Waals surface area contributed by atoms with Gasteiger partial charge < -0.3 is 15.6 Å². The number of amides is 1. The molecule has 0 bridgehead atoms. The maximum absolute atomic E-state index is 12.8. The zero-order valence-electron chi connectivity index (χ0n) is 18.2. The van der Waals surface area contributed by atoms with E-state index in [-0.39, 0.29) is 53.1 Å². The molecule has 0 aliphatic heterocycles. The second-order valence-corrected chi connectivity index (χ2v) is 8.57. The van der Waals surface area contributed by atoms with Crippen molar-refractivity contribution < 1.29 is 33.5 Å². The van der Waals surface area contributed by atoms with Gasteiger partial charge in [-0.15, -0.1) is 0 Å². The van der Waals surface area contributed by atoms with Crippen molar-refractivity contribution in [2.45, 2.75) is 59.9 Å². The van der Waals surface area contributed by atoms with E-state index in [1.807, 2.05) is 0 Å². The van der Waals surface area contributed by atoms with Crippen LogP contribution in [0.4, 0.5) is 0 Å². The molecule has 1 atom stereocenters. The third-order valence-corrected chi connectivity index (χ3v) is 5.83. The predicted octanol–water partition coefficient (Wildman–Crippen LogP) is 2.24. The maximum Gasteiger partial charge on any atom is 0.328 e. The van der Waals surface area contributed by atoms with Crippen LogP contribution in [0.25, 0.3) is 5.53 Å². The van der Waals surface area contributed by atoms with Crippen molar-refractivity contribution in [3.8, 4) is 0 Å². The molecular weight excluding hydrogens is 470 g/mol. The van der Waals surface area contributed by atoms with Gasteiger partial charge in [0.1, 0.15) is 6.04 Å². The number of hydrogen-bond acceptors (Lipinski definition) is 6. The van der Waals surface area contributed by atoms with E-state index in [1.165, 1.54) is 0 Å². The van der Waals surface area contributed by atoms with Crippen LogP contribution < -0.4 is 5.32 Å². The molecule has 1 N–H and O–H groups in total. The zero-order chi connectivity index (χ0) is 23.9. The van der Waals surface area contributed by atoms with Crippen LogP contribution in [-0.4, -0.2) is 52.9 Å². The molecule has 0 aromatic heterocycles. The first-order valence-electron chi connectivity index (χ1n) is 9.70. The Morgan fingerprint density at radius 3 is 2.35 bits per heavy atom. The van der Waals surface area contributed by atoms with E-state index in [0.29, 0.717) is 11.8 Å². The van der Waals surface area contributed by atoms with Crippen LogP contribution in [-0.2, 0) is 28.7 Å². The molecule has 0 aromatic carbocycles. The number of Topliss-reactive ketones (excluding diaryl/α,β-unsaturated/α-hetero) is 3. The van der Waals surface area contributed by atoms with Gasteiger partial charge in [-0.25, -0.2) is 4.79 Å². The van der Waals surface area contributed by atoms with Crippen molar-refractivity contribution in [2.24, 2.45) is 5.41 Å². The molecule has 10 heteroatoms. The van der Waals surface area contributed by atoms with Gasteiger partial charge in [0, 0.05) is 35.0 Å². The number of hydrogen-bond donors (Lipinski definition) is 1. The molecule has 1 aliphatic rings. The summed E-state index contributed by atoms with van der Waals surface area (Å²) in [5, 5.41) is 2.54. The lowest BCUT2D eigenvalue weighted by atomic mass is 9.73. The van der Waals surface area contributed by atoms with Crippen molar-refractivity contribution in [2.75, 3.05) is 6.61 Å². The number of esters is 1. The number of allylic oxidation sites excluding steroid dienone is 4. The fraction of sp³-hybridized carbons (Fsp3) is 0.524. The summed E-state index contributed by atoms with van der Waals surface area (Å²) in [4.78, 5) is 64.3. The predicted molar refractivity (Wildman–Crippen MR) is 115 cm³/mol. The van der Waals surface area contributed by atoms with Gasteiger partial charge in [-0.2, -0.15) is 4.79 Å². The highest BCUT2D eigenvalue weighted by Crippen LogP contribution is 2.40. The average molecular weight is 496 g/mol. The molecule has 1 rings (SSSR count). The zero-order valence-corrected chi connectivity index (χ0v) is 19.8. The largest absolute Gasteiger partial charge is 0.464 e. The number of rotatable bonds is 10. The molecule has 168 valence electrons. The Morgan fingerprint density at radius 1 is 1.19 bits per heavy atom. The smallest absolute Gasteiger partial charge is 0.328 e. The lowest BCUT2D eigenvalue weighted by molar-refractivity contribution is -0.148. The minimum atomic E-state index is -1.09. The molecule has 0 fully saturated rings. The van der Waals surface area contributed by atoms with Crippen LogP contribution >= 0.6 is 15.9 Å².